The lowest BCUT2D eigenvalue weighted by atomic mass is 9.99. The Morgan fingerprint density at radius 1 is 1.43 bits per heavy atom. The molecule has 1 aliphatic heterocycles. The molecule has 0 amide bonds. The summed E-state index contributed by atoms with van der Waals surface area (Å²) < 4.78 is 2.25. The van der Waals surface area contributed by atoms with E-state index in [1.165, 1.54) is 0 Å². The molecule has 2 aromatic rings. The van der Waals surface area contributed by atoms with Gasteiger partial charge >= 0.3 is 0 Å². The highest BCUT2D eigenvalue weighted by Crippen LogP contribution is 2.20. The van der Waals surface area contributed by atoms with Crippen LogP contribution in [0.2, 0.25) is 0 Å². The SMILES string of the molecule is CCc1nnc2n1C[C@@H](CNc1ccc(C#N)cn1)CC2. The van der Waals surface area contributed by atoms with Gasteiger partial charge in [0.1, 0.15) is 23.5 Å². The zero-order valence-electron chi connectivity index (χ0n) is 12.1. The zero-order valence-corrected chi connectivity index (χ0v) is 12.1. The van der Waals surface area contributed by atoms with Gasteiger partial charge in [0.25, 0.3) is 0 Å². The molecule has 21 heavy (non-hydrogen) atoms. The second-order valence-electron chi connectivity index (χ2n) is 5.33. The number of aromatic nitrogens is 4. The fourth-order valence-electron chi connectivity index (χ4n) is 2.69. The third-order valence-corrected chi connectivity index (χ3v) is 3.90. The molecule has 0 aliphatic carbocycles. The fourth-order valence-corrected chi connectivity index (χ4v) is 2.69. The second kappa shape index (κ2) is 5.92. The predicted molar refractivity (Wildman–Crippen MR) is 78.7 cm³/mol. The molecule has 0 saturated heterocycles. The standard InChI is InChI=1S/C15H18N6/c1-2-14-19-20-15-6-4-12(10-21(14)15)9-18-13-5-3-11(7-16)8-17-13/h3,5,8,12H,2,4,6,9-10H2,1H3,(H,17,18)/t12-/m1/s1. The normalized spacial score (nSPS) is 17.0. The van der Waals surface area contributed by atoms with E-state index >= 15 is 0 Å². The molecule has 0 aromatic carbocycles. The number of anilines is 1. The van der Waals surface area contributed by atoms with Crippen molar-refractivity contribution in [2.75, 3.05) is 11.9 Å². The summed E-state index contributed by atoms with van der Waals surface area (Å²) in [7, 11) is 0. The molecule has 0 spiro atoms. The average Bonchev–Trinajstić information content (AvgIpc) is 2.95. The van der Waals surface area contributed by atoms with Crippen molar-refractivity contribution in [1.82, 2.24) is 19.7 Å². The quantitative estimate of drug-likeness (QED) is 0.924. The summed E-state index contributed by atoms with van der Waals surface area (Å²) in [6, 6.07) is 5.70. The van der Waals surface area contributed by atoms with E-state index in [2.05, 4.69) is 38.1 Å². The summed E-state index contributed by atoms with van der Waals surface area (Å²) >= 11 is 0. The highest BCUT2D eigenvalue weighted by Gasteiger charge is 2.22. The fraction of sp³-hybridized carbons (Fsp3) is 0.467. The Morgan fingerprint density at radius 3 is 3.05 bits per heavy atom. The number of hydrogen-bond donors (Lipinski definition) is 1. The highest BCUT2D eigenvalue weighted by atomic mass is 15.3. The Kier molecular flexibility index (Phi) is 3.82. The minimum Gasteiger partial charge on any atom is -0.370 e. The molecule has 6 nitrogen and oxygen atoms in total. The topological polar surface area (TPSA) is 79.4 Å². The van der Waals surface area contributed by atoms with Crippen molar-refractivity contribution in [2.45, 2.75) is 32.7 Å². The van der Waals surface area contributed by atoms with Crippen LogP contribution in [0.4, 0.5) is 5.82 Å². The first kappa shape index (κ1) is 13.6. The number of rotatable bonds is 4. The Labute approximate surface area is 123 Å². The summed E-state index contributed by atoms with van der Waals surface area (Å²) in [5, 5.41) is 20.6. The van der Waals surface area contributed by atoms with Crippen LogP contribution < -0.4 is 5.32 Å². The van der Waals surface area contributed by atoms with E-state index in [9.17, 15) is 0 Å². The van der Waals surface area contributed by atoms with Crippen molar-refractivity contribution in [3.05, 3.63) is 35.5 Å². The van der Waals surface area contributed by atoms with Crippen molar-refractivity contribution >= 4 is 5.82 Å². The van der Waals surface area contributed by atoms with Crippen LogP contribution >= 0.6 is 0 Å². The summed E-state index contributed by atoms with van der Waals surface area (Å²) in [5.41, 5.74) is 0.583. The van der Waals surface area contributed by atoms with Gasteiger partial charge in [0, 0.05) is 32.1 Å². The number of nitrogens with zero attached hydrogens (tertiary/aromatic N) is 5. The molecule has 108 valence electrons. The molecule has 1 atom stereocenters. The minimum atomic E-state index is 0.552. The number of aryl methyl sites for hydroxylation is 2. The van der Waals surface area contributed by atoms with Crippen LogP contribution in [0.5, 0.6) is 0 Å². The van der Waals surface area contributed by atoms with E-state index in [-0.39, 0.29) is 0 Å². The van der Waals surface area contributed by atoms with Gasteiger partial charge in [-0.1, -0.05) is 6.92 Å². The third-order valence-electron chi connectivity index (χ3n) is 3.90. The van der Waals surface area contributed by atoms with Crippen LogP contribution in [0.25, 0.3) is 0 Å². The van der Waals surface area contributed by atoms with E-state index in [4.69, 9.17) is 5.26 Å². The van der Waals surface area contributed by atoms with Crippen LogP contribution in [-0.2, 0) is 19.4 Å². The molecule has 1 N–H and O–H groups in total. The summed E-state index contributed by atoms with van der Waals surface area (Å²) in [6.45, 7) is 3.95. The maximum atomic E-state index is 8.76. The van der Waals surface area contributed by atoms with Gasteiger partial charge in [-0.25, -0.2) is 4.98 Å². The van der Waals surface area contributed by atoms with Crippen molar-refractivity contribution in [1.29, 1.82) is 5.26 Å². The minimum absolute atomic E-state index is 0.552. The van der Waals surface area contributed by atoms with Crippen molar-refractivity contribution in [2.24, 2.45) is 5.92 Å². The lowest BCUT2D eigenvalue weighted by Gasteiger charge is -2.24. The molecular formula is C15H18N6. The first-order valence-corrected chi connectivity index (χ1v) is 7.31. The van der Waals surface area contributed by atoms with Gasteiger partial charge in [-0.3, -0.25) is 0 Å². The molecule has 0 fully saturated rings. The van der Waals surface area contributed by atoms with Crippen molar-refractivity contribution in [3.63, 3.8) is 0 Å². The van der Waals surface area contributed by atoms with Crippen LogP contribution in [0.3, 0.4) is 0 Å². The van der Waals surface area contributed by atoms with Crippen molar-refractivity contribution in [3.8, 4) is 6.07 Å². The monoisotopic (exact) mass is 282 g/mol. The molecular weight excluding hydrogens is 264 g/mol. The Morgan fingerprint density at radius 2 is 2.33 bits per heavy atom. The second-order valence-corrected chi connectivity index (χ2v) is 5.33. The smallest absolute Gasteiger partial charge is 0.133 e. The van der Waals surface area contributed by atoms with Gasteiger partial charge < -0.3 is 9.88 Å². The van der Waals surface area contributed by atoms with Gasteiger partial charge in [0.2, 0.25) is 0 Å². The lowest BCUT2D eigenvalue weighted by Crippen LogP contribution is -2.27. The van der Waals surface area contributed by atoms with Gasteiger partial charge in [-0.15, -0.1) is 10.2 Å². The number of hydrogen-bond acceptors (Lipinski definition) is 5. The first-order valence-electron chi connectivity index (χ1n) is 7.31. The molecule has 6 heteroatoms. The largest absolute Gasteiger partial charge is 0.370 e. The Bertz CT molecular complexity index is 638. The molecule has 3 rings (SSSR count). The summed E-state index contributed by atoms with van der Waals surface area (Å²) in [5.74, 6) is 3.56. The zero-order chi connectivity index (χ0) is 14.7. The lowest BCUT2D eigenvalue weighted by molar-refractivity contribution is 0.374. The Balaban J connectivity index is 1.60. The van der Waals surface area contributed by atoms with Crippen molar-refractivity contribution < 1.29 is 0 Å². The molecule has 2 aromatic heterocycles. The third kappa shape index (κ3) is 2.87. The summed E-state index contributed by atoms with van der Waals surface area (Å²) in [4.78, 5) is 4.24. The van der Waals surface area contributed by atoms with Crippen LogP contribution in [0.1, 0.15) is 30.6 Å². The van der Waals surface area contributed by atoms with Gasteiger partial charge in [0.15, 0.2) is 0 Å². The molecule has 0 unspecified atom stereocenters. The van der Waals surface area contributed by atoms with Gasteiger partial charge in [-0.2, -0.15) is 5.26 Å². The van der Waals surface area contributed by atoms with Crippen LogP contribution in [0.15, 0.2) is 18.3 Å². The van der Waals surface area contributed by atoms with Gasteiger partial charge in [0.05, 0.1) is 5.56 Å². The van der Waals surface area contributed by atoms with E-state index in [0.717, 1.165) is 49.8 Å². The number of nitriles is 1. The maximum absolute atomic E-state index is 8.76. The Hall–Kier alpha value is -2.42. The molecule has 1 aliphatic rings. The van der Waals surface area contributed by atoms with E-state index in [0.29, 0.717) is 11.5 Å². The maximum Gasteiger partial charge on any atom is 0.133 e. The van der Waals surface area contributed by atoms with Crippen LogP contribution in [-0.4, -0.2) is 26.3 Å². The van der Waals surface area contributed by atoms with Crippen LogP contribution in [0, 0.1) is 17.2 Å². The first-order chi connectivity index (χ1) is 10.3. The number of pyridine rings is 1. The summed E-state index contributed by atoms with van der Waals surface area (Å²) in [6.07, 6.45) is 4.62. The molecule has 0 saturated carbocycles. The average molecular weight is 282 g/mol. The molecule has 0 radical (unpaired) electrons. The molecule has 0 bridgehead atoms. The predicted octanol–water partition coefficient (Wildman–Crippen LogP) is 1.78. The van der Waals surface area contributed by atoms with E-state index < -0.39 is 0 Å². The number of fused-ring (bicyclic) bond motifs is 1. The highest BCUT2D eigenvalue weighted by molar-refractivity contribution is 5.38. The van der Waals surface area contributed by atoms with Gasteiger partial charge in [-0.05, 0) is 24.5 Å². The van der Waals surface area contributed by atoms with E-state index in [1.807, 2.05) is 6.07 Å². The van der Waals surface area contributed by atoms with E-state index in [1.54, 1.807) is 12.3 Å². The molecule has 3 heterocycles. The number of nitrogens with one attached hydrogen (secondary N) is 1.